The van der Waals surface area contributed by atoms with Crippen LogP contribution in [0.3, 0.4) is 0 Å². The zero-order valence-corrected chi connectivity index (χ0v) is 12.4. The van der Waals surface area contributed by atoms with Crippen molar-refractivity contribution in [2.75, 3.05) is 17.6 Å². The van der Waals surface area contributed by atoms with E-state index in [1.165, 1.54) is 23.9 Å². The molecule has 0 saturated carbocycles. The van der Waals surface area contributed by atoms with Gasteiger partial charge in [-0.25, -0.2) is 8.78 Å². The molecule has 0 saturated heterocycles. The minimum atomic E-state index is -0.546. The van der Waals surface area contributed by atoms with E-state index in [1.54, 1.807) is 0 Å². The SMILES string of the molecule is Fc1ccc(SCCNc2ccc(Br)cc2)c(F)c1. The Kier molecular flexibility index (Phi) is 5.22. The highest BCUT2D eigenvalue weighted by Gasteiger charge is 2.03. The molecule has 19 heavy (non-hydrogen) atoms. The zero-order chi connectivity index (χ0) is 13.7. The van der Waals surface area contributed by atoms with Crippen molar-refractivity contribution in [3.8, 4) is 0 Å². The second-order valence-electron chi connectivity index (χ2n) is 3.86. The highest BCUT2D eigenvalue weighted by Crippen LogP contribution is 2.22. The Morgan fingerprint density at radius 2 is 1.79 bits per heavy atom. The maximum atomic E-state index is 13.4. The number of halogens is 3. The quantitative estimate of drug-likeness (QED) is 0.610. The summed E-state index contributed by atoms with van der Waals surface area (Å²) in [6, 6.07) is 11.5. The van der Waals surface area contributed by atoms with Crippen LogP contribution in [0.15, 0.2) is 51.8 Å². The Morgan fingerprint density at radius 3 is 2.47 bits per heavy atom. The van der Waals surface area contributed by atoms with Crippen LogP contribution in [0.1, 0.15) is 0 Å². The van der Waals surface area contributed by atoms with Crippen LogP contribution < -0.4 is 5.32 Å². The molecule has 1 N–H and O–H groups in total. The standard InChI is InChI=1S/C14H12BrF2NS/c15-10-1-4-12(5-2-10)18-7-8-19-14-6-3-11(16)9-13(14)17/h1-6,9,18H,7-8H2. The van der Waals surface area contributed by atoms with Crippen molar-refractivity contribution in [3.05, 3.63) is 58.6 Å². The first-order chi connectivity index (χ1) is 9.15. The van der Waals surface area contributed by atoms with E-state index in [2.05, 4.69) is 21.2 Å². The van der Waals surface area contributed by atoms with Crippen molar-refractivity contribution in [1.82, 2.24) is 0 Å². The van der Waals surface area contributed by atoms with Gasteiger partial charge < -0.3 is 5.32 Å². The Labute approximate surface area is 123 Å². The van der Waals surface area contributed by atoms with Gasteiger partial charge in [-0.3, -0.25) is 0 Å². The fourth-order valence-corrected chi connectivity index (χ4v) is 2.57. The topological polar surface area (TPSA) is 12.0 Å². The van der Waals surface area contributed by atoms with Gasteiger partial charge >= 0.3 is 0 Å². The van der Waals surface area contributed by atoms with E-state index in [0.717, 1.165) is 16.2 Å². The van der Waals surface area contributed by atoms with Gasteiger partial charge in [-0.1, -0.05) is 15.9 Å². The predicted octanol–water partition coefficient (Wildman–Crippen LogP) is 4.93. The average Bonchev–Trinajstić information content (AvgIpc) is 2.39. The van der Waals surface area contributed by atoms with Crippen molar-refractivity contribution in [2.24, 2.45) is 0 Å². The van der Waals surface area contributed by atoms with E-state index in [9.17, 15) is 8.78 Å². The summed E-state index contributed by atoms with van der Waals surface area (Å²) in [5.74, 6) is -0.345. The molecular weight excluding hydrogens is 332 g/mol. The predicted molar refractivity (Wildman–Crippen MR) is 79.7 cm³/mol. The molecule has 0 bridgehead atoms. The molecule has 0 fully saturated rings. The highest BCUT2D eigenvalue weighted by atomic mass is 79.9. The maximum absolute atomic E-state index is 13.4. The van der Waals surface area contributed by atoms with Gasteiger partial charge in [0.1, 0.15) is 11.6 Å². The first kappa shape index (κ1) is 14.3. The molecule has 0 aliphatic rings. The molecule has 5 heteroatoms. The largest absolute Gasteiger partial charge is 0.384 e. The van der Waals surface area contributed by atoms with Crippen molar-refractivity contribution >= 4 is 33.4 Å². The van der Waals surface area contributed by atoms with Crippen molar-refractivity contribution in [1.29, 1.82) is 0 Å². The van der Waals surface area contributed by atoms with Crippen LogP contribution in [0.4, 0.5) is 14.5 Å². The maximum Gasteiger partial charge on any atom is 0.139 e. The summed E-state index contributed by atoms with van der Waals surface area (Å²) in [6.07, 6.45) is 0. The molecule has 0 aliphatic heterocycles. The third kappa shape index (κ3) is 4.51. The van der Waals surface area contributed by atoms with Gasteiger partial charge in [-0.05, 0) is 36.4 Å². The molecule has 2 aromatic carbocycles. The molecule has 0 amide bonds. The molecule has 0 atom stereocenters. The van der Waals surface area contributed by atoms with E-state index in [-0.39, 0.29) is 0 Å². The van der Waals surface area contributed by atoms with Gasteiger partial charge in [0, 0.05) is 33.4 Å². The Hall–Kier alpha value is -1.07. The minimum absolute atomic E-state index is 0.471. The summed E-state index contributed by atoms with van der Waals surface area (Å²) >= 11 is 4.73. The number of benzene rings is 2. The Morgan fingerprint density at radius 1 is 1.05 bits per heavy atom. The van der Waals surface area contributed by atoms with Crippen LogP contribution in [0.25, 0.3) is 0 Å². The van der Waals surface area contributed by atoms with Crippen LogP contribution >= 0.6 is 27.7 Å². The summed E-state index contributed by atoms with van der Waals surface area (Å²) in [5, 5.41) is 3.23. The highest BCUT2D eigenvalue weighted by molar-refractivity contribution is 9.10. The molecule has 0 heterocycles. The summed E-state index contributed by atoms with van der Waals surface area (Å²) < 4.78 is 27.1. The van der Waals surface area contributed by atoms with Crippen LogP contribution in [0, 0.1) is 11.6 Å². The summed E-state index contributed by atoms with van der Waals surface area (Å²) in [4.78, 5) is 0.471. The van der Waals surface area contributed by atoms with Crippen molar-refractivity contribution in [2.45, 2.75) is 4.90 Å². The van der Waals surface area contributed by atoms with Crippen molar-refractivity contribution < 1.29 is 8.78 Å². The first-order valence-corrected chi connectivity index (χ1v) is 7.50. The van der Waals surface area contributed by atoms with Gasteiger partial charge in [-0.2, -0.15) is 0 Å². The molecular formula is C14H12BrF2NS. The van der Waals surface area contributed by atoms with Crippen LogP contribution in [-0.2, 0) is 0 Å². The molecule has 0 spiro atoms. The third-order valence-corrected chi connectivity index (χ3v) is 4.01. The fraction of sp³-hybridized carbons (Fsp3) is 0.143. The lowest BCUT2D eigenvalue weighted by molar-refractivity contribution is 0.566. The van der Waals surface area contributed by atoms with E-state index >= 15 is 0 Å². The smallest absolute Gasteiger partial charge is 0.139 e. The van der Waals surface area contributed by atoms with Gasteiger partial charge in [0.05, 0.1) is 0 Å². The molecule has 0 aliphatic carbocycles. The lowest BCUT2D eigenvalue weighted by Gasteiger charge is -2.07. The molecule has 2 aromatic rings. The van der Waals surface area contributed by atoms with E-state index in [1.807, 2.05) is 24.3 Å². The Bertz CT molecular complexity index is 546. The molecule has 0 unspecified atom stereocenters. The Balaban J connectivity index is 1.79. The molecule has 0 aromatic heterocycles. The normalized spacial score (nSPS) is 10.5. The third-order valence-electron chi connectivity index (χ3n) is 2.43. The lowest BCUT2D eigenvalue weighted by Crippen LogP contribution is -2.03. The van der Waals surface area contributed by atoms with E-state index in [4.69, 9.17) is 0 Å². The summed E-state index contributed by atoms with van der Waals surface area (Å²) in [7, 11) is 0. The average molecular weight is 344 g/mol. The van der Waals surface area contributed by atoms with Crippen molar-refractivity contribution in [3.63, 3.8) is 0 Å². The van der Waals surface area contributed by atoms with Gasteiger partial charge in [0.15, 0.2) is 0 Å². The van der Waals surface area contributed by atoms with Crippen LogP contribution in [-0.4, -0.2) is 12.3 Å². The van der Waals surface area contributed by atoms with Gasteiger partial charge in [0.25, 0.3) is 0 Å². The van der Waals surface area contributed by atoms with Gasteiger partial charge in [0.2, 0.25) is 0 Å². The van der Waals surface area contributed by atoms with E-state index < -0.39 is 11.6 Å². The monoisotopic (exact) mass is 343 g/mol. The molecule has 2 rings (SSSR count). The number of hydrogen-bond donors (Lipinski definition) is 1. The molecule has 0 radical (unpaired) electrons. The number of thioether (sulfide) groups is 1. The molecule has 1 nitrogen and oxygen atoms in total. The summed E-state index contributed by atoms with van der Waals surface area (Å²) in [5.41, 5.74) is 1.02. The number of anilines is 1. The minimum Gasteiger partial charge on any atom is -0.384 e. The lowest BCUT2D eigenvalue weighted by atomic mass is 10.3. The molecule has 100 valence electrons. The number of hydrogen-bond acceptors (Lipinski definition) is 2. The fourth-order valence-electron chi connectivity index (χ4n) is 1.52. The first-order valence-electron chi connectivity index (χ1n) is 5.72. The second kappa shape index (κ2) is 6.91. The van der Waals surface area contributed by atoms with Crippen LogP contribution in [0.2, 0.25) is 0 Å². The second-order valence-corrected chi connectivity index (χ2v) is 5.91. The van der Waals surface area contributed by atoms with E-state index in [0.29, 0.717) is 17.2 Å². The number of nitrogens with one attached hydrogen (secondary N) is 1. The van der Waals surface area contributed by atoms with Crippen LogP contribution in [0.5, 0.6) is 0 Å². The number of rotatable bonds is 5. The summed E-state index contributed by atoms with van der Waals surface area (Å²) in [6.45, 7) is 0.711. The zero-order valence-electron chi connectivity index (χ0n) is 10.00. The van der Waals surface area contributed by atoms with Gasteiger partial charge in [-0.15, -0.1) is 11.8 Å².